The first kappa shape index (κ1) is 18.1. The lowest BCUT2D eigenvalue weighted by Gasteiger charge is -1.97. The van der Waals surface area contributed by atoms with E-state index in [-0.39, 0.29) is 0 Å². The molecule has 0 bridgehead atoms. The third-order valence-electron chi connectivity index (χ3n) is 1.30. The van der Waals surface area contributed by atoms with Crippen molar-refractivity contribution in [2.45, 2.75) is 27.2 Å². The molecule has 78 valence electrons. The number of allylic oxidation sites excluding steroid dienone is 2. The highest BCUT2D eigenvalue weighted by Gasteiger charge is 1.85. The Morgan fingerprint density at radius 2 is 1.77 bits per heavy atom. The first-order valence-corrected chi connectivity index (χ1v) is 4.77. The molecule has 0 atom stereocenters. The van der Waals surface area contributed by atoms with Crippen LogP contribution in [0, 0.1) is 0 Å². The maximum atomic E-state index is 3.69. The van der Waals surface area contributed by atoms with Crippen molar-refractivity contribution in [2.75, 3.05) is 13.6 Å². The molecule has 1 N–H and O–H groups in total. The standard InChI is InChI=1S/C8H15N.C2H6.C2H4/c1-4-8(5-2)6-7-9-3;2*1-2/h4-5,9H,1,6-7H2,2-3H3;1-2H3;1-2H2/b8-5+;;. The molecule has 0 aliphatic carbocycles. The van der Waals surface area contributed by atoms with Gasteiger partial charge in [-0.1, -0.05) is 38.2 Å². The van der Waals surface area contributed by atoms with Crippen LogP contribution in [0.4, 0.5) is 0 Å². The zero-order valence-corrected chi connectivity index (χ0v) is 9.69. The molecule has 0 rings (SSSR count). The van der Waals surface area contributed by atoms with E-state index in [9.17, 15) is 0 Å². The lowest BCUT2D eigenvalue weighted by atomic mass is 10.2. The van der Waals surface area contributed by atoms with Gasteiger partial charge in [-0.25, -0.2) is 0 Å². The second kappa shape index (κ2) is 22.5. The van der Waals surface area contributed by atoms with Crippen LogP contribution in [-0.2, 0) is 0 Å². The van der Waals surface area contributed by atoms with Gasteiger partial charge >= 0.3 is 0 Å². The van der Waals surface area contributed by atoms with E-state index in [1.165, 1.54) is 5.57 Å². The molecule has 13 heavy (non-hydrogen) atoms. The zero-order valence-electron chi connectivity index (χ0n) is 9.69. The molecule has 0 saturated heterocycles. The number of rotatable bonds is 4. The van der Waals surface area contributed by atoms with E-state index in [1.54, 1.807) is 0 Å². The predicted octanol–water partition coefficient (Wildman–Crippen LogP) is 3.56. The lowest BCUT2D eigenvalue weighted by Crippen LogP contribution is -2.07. The largest absolute Gasteiger partial charge is 0.319 e. The van der Waals surface area contributed by atoms with Crippen molar-refractivity contribution in [1.82, 2.24) is 5.32 Å². The first-order valence-electron chi connectivity index (χ1n) is 4.77. The summed E-state index contributed by atoms with van der Waals surface area (Å²) in [6, 6.07) is 0. The van der Waals surface area contributed by atoms with Crippen LogP contribution < -0.4 is 5.32 Å². The van der Waals surface area contributed by atoms with Crippen molar-refractivity contribution in [2.24, 2.45) is 0 Å². The number of hydrogen-bond donors (Lipinski definition) is 1. The molecule has 0 heterocycles. The highest BCUT2D eigenvalue weighted by molar-refractivity contribution is 5.14. The van der Waals surface area contributed by atoms with Crippen LogP contribution in [0.25, 0.3) is 0 Å². The Labute approximate surface area is 84.2 Å². The predicted molar refractivity (Wildman–Crippen MR) is 65.1 cm³/mol. The minimum Gasteiger partial charge on any atom is -0.319 e. The fourth-order valence-electron chi connectivity index (χ4n) is 0.634. The van der Waals surface area contributed by atoms with Crippen LogP contribution in [0.3, 0.4) is 0 Å². The van der Waals surface area contributed by atoms with Crippen LogP contribution in [-0.4, -0.2) is 13.6 Å². The molecule has 0 aromatic rings. The Balaban J connectivity index is -0.000000218. The average Bonchev–Trinajstić information content (AvgIpc) is 2.25. The second-order valence-electron chi connectivity index (χ2n) is 1.92. The van der Waals surface area contributed by atoms with E-state index in [2.05, 4.69) is 31.1 Å². The van der Waals surface area contributed by atoms with Gasteiger partial charge < -0.3 is 5.32 Å². The molecule has 0 aliphatic rings. The SMILES string of the molecule is C=C.C=C/C(=C\C)CCNC.CC. The van der Waals surface area contributed by atoms with Crippen molar-refractivity contribution in [1.29, 1.82) is 0 Å². The van der Waals surface area contributed by atoms with Gasteiger partial charge in [0.05, 0.1) is 0 Å². The van der Waals surface area contributed by atoms with Crippen molar-refractivity contribution in [3.05, 3.63) is 37.5 Å². The van der Waals surface area contributed by atoms with Gasteiger partial charge in [0.1, 0.15) is 0 Å². The highest BCUT2D eigenvalue weighted by atomic mass is 14.8. The summed E-state index contributed by atoms with van der Waals surface area (Å²) in [4.78, 5) is 0. The smallest absolute Gasteiger partial charge is 0.00115 e. The average molecular weight is 183 g/mol. The Morgan fingerprint density at radius 3 is 2.00 bits per heavy atom. The molecule has 0 aromatic carbocycles. The molecule has 0 radical (unpaired) electrons. The Morgan fingerprint density at radius 1 is 1.31 bits per heavy atom. The molecule has 0 unspecified atom stereocenters. The third kappa shape index (κ3) is 18.3. The Hall–Kier alpha value is -0.820. The molecule has 1 heteroatoms. The number of nitrogens with one attached hydrogen (secondary N) is 1. The third-order valence-corrected chi connectivity index (χ3v) is 1.30. The van der Waals surface area contributed by atoms with Crippen molar-refractivity contribution in [3.8, 4) is 0 Å². The van der Waals surface area contributed by atoms with E-state index in [4.69, 9.17) is 0 Å². The fraction of sp³-hybridized carbons (Fsp3) is 0.500. The molecular formula is C12H25N. The van der Waals surface area contributed by atoms with Gasteiger partial charge in [0.25, 0.3) is 0 Å². The monoisotopic (exact) mass is 183 g/mol. The van der Waals surface area contributed by atoms with E-state index >= 15 is 0 Å². The quantitative estimate of drug-likeness (QED) is 0.519. The van der Waals surface area contributed by atoms with Crippen LogP contribution in [0.15, 0.2) is 37.5 Å². The maximum Gasteiger partial charge on any atom is -0.00115 e. The molecule has 0 aromatic heterocycles. The van der Waals surface area contributed by atoms with Crippen LogP contribution >= 0.6 is 0 Å². The molecule has 0 amide bonds. The maximum absolute atomic E-state index is 3.69. The summed E-state index contributed by atoms with van der Waals surface area (Å²) in [6.45, 7) is 16.8. The Kier molecular flexibility index (Phi) is 31.2. The van der Waals surface area contributed by atoms with Crippen LogP contribution in [0.1, 0.15) is 27.2 Å². The van der Waals surface area contributed by atoms with Gasteiger partial charge in [-0.05, 0) is 26.9 Å². The molecule has 1 nitrogen and oxygen atoms in total. The van der Waals surface area contributed by atoms with E-state index in [0.29, 0.717) is 0 Å². The van der Waals surface area contributed by atoms with E-state index in [0.717, 1.165) is 13.0 Å². The van der Waals surface area contributed by atoms with Gasteiger partial charge in [0, 0.05) is 0 Å². The van der Waals surface area contributed by atoms with Crippen LogP contribution in [0.2, 0.25) is 0 Å². The van der Waals surface area contributed by atoms with Crippen molar-refractivity contribution < 1.29 is 0 Å². The molecule has 0 saturated carbocycles. The van der Waals surface area contributed by atoms with Crippen molar-refractivity contribution >= 4 is 0 Å². The molecule has 0 aliphatic heterocycles. The van der Waals surface area contributed by atoms with Crippen LogP contribution in [0.5, 0.6) is 0 Å². The van der Waals surface area contributed by atoms with Gasteiger partial charge in [-0.2, -0.15) is 0 Å². The summed E-state index contributed by atoms with van der Waals surface area (Å²) in [6.07, 6.45) is 5.07. The second-order valence-corrected chi connectivity index (χ2v) is 1.92. The molecular weight excluding hydrogens is 158 g/mol. The summed E-state index contributed by atoms with van der Waals surface area (Å²) < 4.78 is 0. The summed E-state index contributed by atoms with van der Waals surface area (Å²) >= 11 is 0. The summed E-state index contributed by atoms with van der Waals surface area (Å²) in [5, 5.41) is 3.08. The van der Waals surface area contributed by atoms with Gasteiger partial charge in [-0.15, -0.1) is 13.2 Å². The first-order chi connectivity index (χ1) is 6.35. The van der Waals surface area contributed by atoms with E-state index in [1.807, 2.05) is 33.9 Å². The fourth-order valence-corrected chi connectivity index (χ4v) is 0.634. The van der Waals surface area contributed by atoms with Gasteiger partial charge in [-0.3, -0.25) is 0 Å². The highest BCUT2D eigenvalue weighted by Crippen LogP contribution is 1.99. The summed E-state index contributed by atoms with van der Waals surface area (Å²) in [5.74, 6) is 0. The zero-order chi connectivity index (χ0) is 11.1. The molecule has 0 spiro atoms. The Bertz CT molecular complexity index is 114. The van der Waals surface area contributed by atoms with Crippen molar-refractivity contribution in [3.63, 3.8) is 0 Å². The number of hydrogen-bond acceptors (Lipinski definition) is 1. The summed E-state index contributed by atoms with van der Waals surface area (Å²) in [7, 11) is 1.95. The van der Waals surface area contributed by atoms with Gasteiger partial charge in [0.15, 0.2) is 0 Å². The topological polar surface area (TPSA) is 12.0 Å². The van der Waals surface area contributed by atoms with Gasteiger partial charge in [0.2, 0.25) is 0 Å². The van der Waals surface area contributed by atoms with E-state index < -0.39 is 0 Å². The summed E-state index contributed by atoms with van der Waals surface area (Å²) in [5.41, 5.74) is 1.31. The normalized spacial score (nSPS) is 8.77. The minimum atomic E-state index is 1.03. The molecule has 0 fully saturated rings. The minimum absolute atomic E-state index is 1.03. The lowest BCUT2D eigenvalue weighted by molar-refractivity contribution is 0.793.